The third-order valence-corrected chi connectivity index (χ3v) is 5.07. The lowest BCUT2D eigenvalue weighted by molar-refractivity contribution is -0.167. The molecule has 21 heavy (non-hydrogen) atoms. The van der Waals surface area contributed by atoms with Crippen molar-refractivity contribution in [1.29, 1.82) is 0 Å². The molecule has 3 atom stereocenters. The molecule has 120 valence electrons. The summed E-state index contributed by atoms with van der Waals surface area (Å²) < 4.78 is 5.78. The van der Waals surface area contributed by atoms with Gasteiger partial charge >= 0.3 is 0 Å². The van der Waals surface area contributed by atoms with Crippen LogP contribution in [0, 0.1) is 5.92 Å². The minimum absolute atomic E-state index is 0.0231. The molecular formula is C16H28N2O3. The number of aliphatic hydroxyl groups excluding tert-OH is 1. The third kappa shape index (κ3) is 3.58. The van der Waals surface area contributed by atoms with Gasteiger partial charge in [0, 0.05) is 31.6 Å². The van der Waals surface area contributed by atoms with Crippen LogP contribution in [0.2, 0.25) is 0 Å². The summed E-state index contributed by atoms with van der Waals surface area (Å²) >= 11 is 0. The van der Waals surface area contributed by atoms with Crippen molar-refractivity contribution in [2.24, 2.45) is 5.92 Å². The van der Waals surface area contributed by atoms with Crippen molar-refractivity contribution in [1.82, 2.24) is 10.2 Å². The van der Waals surface area contributed by atoms with Gasteiger partial charge in [-0.1, -0.05) is 0 Å². The van der Waals surface area contributed by atoms with Gasteiger partial charge in [0.1, 0.15) is 0 Å². The largest absolute Gasteiger partial charge is 0.394 e. The SMILES string of the molecule is CC1(C)CN(C(=O)CC2CC3CCC(C2)N3)CC(CO)O1. The molecule has 2 N–H and O–H groups in total. The standard InChI is InChI=1S/C16H28N2O3/c1-16(2)10-18(8-14(9-19)21-16)15(20)7-11-5-12-3-4-13(6-11)17-12/h11-14,17,19H,3-10H2,1-2H3. The number of hydrogen-bond donors (Lipinski definition) is 2. The average Bonchev–Trinajstić information content (AvgIpc) is 2.76. The van der Waals surface area contributed by atoms with Crippen molar-refractivity contribution in [3.63, 3.8) is 0 Å². The summed E-state index contributed by atoms with van der Waals surface area (Å²) in [5, 5.41) is 13.0. The van der Waals surface area contributed by atoms with Crippen LogP contribution in [0.4, 0.5) is 0 Å². The summed E-state index contributed by atoms with van der Waals surface area (Å²) in [6.45, 7) is 5.10. The highest BCUT2D eigenvalue weighted by atomic mass is 16.5. The number of ether oxygens (including phenoxy) is 1. The Kier molecular flexibility index (Phi) is 4.26. The first-order chi connectivity index (χ1) is 9.95. The number of fused-ring (bicyclic) bond motifs is 2. The van der Waals surface area contributed by atoms with E-state index in [1.165, 1.54) is 12.8 Å². The molecule has 5 heteroatoms. The molecule has 0 radical (unpaired) electrons. The highest BCUT2D eigenvalue weighted by Crippen LogP contribution is 2.33. The summed E-state index contributed by atoms with van der Waals surface area (Å²) in [5.41, 5.74) is -0.367. The van der Waals surface area contributed by atoms with Crippen molar-refractivity contribution in [3.05, 3.63) is 0 Å². The first-order valence-electron chi connectivity index (χ1n) is 8.27. The number of morpholine rings is 1. The van der Waals surface area contributed by atoms with E-state index in [4.69, 9.17) is 4.74 Å². The maximum atomic E-state index is 12.6. The number of aliphatic hydroxyl groups is 1. The molecule has 3 aliphatic heterocycles. The van der Waals surface area contributed by atoms with Gasteiger partial charge in [0.2, 0.25) is 5.91 Å². The van der Waals surface area contributed by atoms with Gasteiger partial charge in [-0.3, -0.25) is 4.79 Å². The summed E-state index contributed by atoms with van der Waals surface area (Å²) in [6, 6.07) is 1.26. The number of rotatable bonds is 3. The van der Waals surface area contributed by atoms with E-state index >= 15 is 0 Å². The van der Waals surface area contributed by atoms with Gasteiger partial charge in [-0.25, -0.2) is 0 Å². The topological polar surface area (TPSA) is 61.8 Å². The van der Waals surface area contributed by atoms with E-state index in [9.17, 15) is 9.90 Å². The van der Waals surface area contributed by atoms with Crippen LogP contribution in [0.15, 0.2) is 0 Å². The Morgan fingerprint density at radius 3 is 2.62 bits per heavy atom. The second-order valence-electron chi connectivity index (χ2n) is 7.64. The van der Waals surface area contributed by atoms with Gasteiger partial charge in [0.15, 0.2) is 0 Å². The fraction of sp³-hybridized carbons (Fsp3) is 0.938. The summed E-state index contributed by atoms with van der Waals surface area (Å²) in [5.74, 6) is 0.755. The van der Waals surface area contributed by atoms with E-state index in [2.05, 4.69) is 5.32 Å². The molecule has 2 bridgehead atoms. The molecule has 3 fully saturated rings. The zero-order chi connectivity index (χ0) is 15.0. The van der Waals surface area contributed by atoms with Gasteiger partial charge < -0.3 is 20.1 Å². The quantitative estimate of drug-likeness (QED) is 0.812. The molecule has 1 amide bonds. The van der Waals surface area contributed by atoms with Crippen molar-refractivity contribution < 1.29 is 14.6 Å². The number of hydrogen-bond acceptors (Lipinski definition) is 4. The first kappa shape index (κ1) is 15.3. The maximum Gasteiger partial charge on any atom is 0.223 e. The fourth-order valence-corrected chi connectivity index (χ4v) is 4.30. The Bertz CT molecular complexity index is 387. The van der Waals surface area contributed by atoms with Gasteiger partial charge in [-0.2, -0.15) is 0 Å². The molecule has 0 aromatic carbocycles. The zero-order valence-corrected chi connectivity index (χ0v) is 13.2. The Morgan fingerprint density at radius 2 is 2.00 bits per heavy atom. The number of piperidine rings is 1. The van der Waals surface area contributed by atoms with E-state index in [1.807, 2.05) is 18.7 Å². The molecule has 3 unspecified atom stereocenters. The van der Waals surface area contributed by atoms with Crippen molar-refractivity contribution in [3.8, 4) is 0 Å². The Labute approximate surface area is 127 Å². The summed E-state index contributed by atoms with van der Waals surface area (Å²) in [4.78, 5) is 14.5. The van der Waals surface area contributed by atoms with Gasteiger partial charge in [-0.15, -0.1) is 0 Å². The minimum atomic E-state index is -0.367. The number of nitrogens with one attached hydrogen (secondary N) is 1. The molecule has 3 heterocycles. The molecule has 3 saturated heterocycles. The van der Waals surface area contributed by atoms with Crippen LogP contribution in [0.25, 0.3) is 0 Å². The van der Waals surface area contributed by atoms with Crippen molar-refractivity contribution in [2.45, 2.75) is 69.7 Å². The van der Waals surface area contributed by atoms with Crippen LogP contribution in [0.5, 0.6) is 0 Å². The molecule has 0 spiro atoms. The molecular weight excluding hydrogens is 268 g/mol. The zero-order valence-electron chi connectivity index (χ0n) is 13.2. The van der Waals surface area contributed by atoms with E-state index in [1.54, 1.807) is 0 Å². The average molecular weight is 296 g/mol. The molecule has 0 aromatic heterocycles. The van der Waals surface area contributed by atoms with Gasteiger partial charge in [-0.05, 0) is 45.4 Å². The molecule has 0 aliphatic carbocycles. The highest BCUT2D eigenvalue weighted by Gasteiger charge is 2.38. The van der Waals surface area contributed by atoms with Crippen LogP contribution in [0.1, 0.15) is 46.0 Å². The van der Waals surface area contributed by atoms with E-state index < -0.39 is 0 Å². The van der Waals surface area contributed by atoms with Gasteiger partial charge in [0.25, 0.3) is 0 Å². The van der Waals surface area contributed by atoms with E-state index in [-0.39, 0.29) is 24.2 Å². The molecule has 3 aliphatic rings. The van der Waals surface area contributed by atoms with Crippen LogP contribution in [-0.2, 0) is 9.53 Å². The van der Waals surface area contributed by atoms with Crippen LogP contribution in [-0.4, -0.2) is 59.4 Å². The van der Waals surface area contributed by atoms with E-state index in [0.29, 0.717) is 37.5 Å². The smallest absolute Gasteiger partial charge is 0.223 e. The monoisotopic (exact) mass is 296 g/mol. The van der Waals surface area contributed by atoms with Crippen LogP contribution < -0.4 is 5.32 Å². The lowest BCUT2D eigenvalue weighted by Crippen LogP contribution is -2.56. The third-order valence-electron chi connectivity index (χ3n) is 5.07. The number of nitrogens with zero attached hydrogens (tertiary/aromatic N) is 1. The molecule has 0 aromatic rings. The summed E-state index contributed by atoms with van der Waals surface area (Å²) in [7, 11) is 0. The van der Waals surface area contributed by atoms with Crippen molar-refractivity contribution >= 4 is 5.91 Å². The number of amides is 1. The molecule has 5 nitrogen and oxygen atoms in total. The summed E-state index contributed by atoms with van der Waals surface area (Å²) in [6.07, 6.45) is 5.22. The number of carbonyl (C=O) groups excluding carboxylic acids is 1. The number of carbonyl (C=O) groups is 1. The Balaban J connectivity index is 1.57. The van der Waals surface area contributed by atoms with Crippen LogP contribution >= 0.6 is 0 Å². The first-order valence-corrected chi connectivity index (χ1v) is 8.27. The van der Waals surface area contributed by atoms with Crippen molar-refractivity contribution in [2.75, 3.05) is 19.7 Å². The molecule has 0 saturated carbocycles. The fourth-order valence-electron chi connectivity index (χ4n) is 4.30. The Hall–Kier alpha value is -0.650. The van der Waals surface area contributed by atoms with E-state index in [0.717, 1.165) is 12.8 Å². The van der Waals surface area contributed by atoms with Gasteiger partial charge in [0.05, 0.1) is 18.3 Å². The second kappa shape index (κ2) is 5.86. The predicted molar refractivity (Wildman–Crippen MR) is 79.9 cm³/mol. The molecule has 3 rings (SSSR count). The van der Waals surface area contributed by atoms with Crippen LogP contribution in [0.3, 0.4) is 0 Å². The second-order valence-corrected chi connectivity index (χ2v) is 7.64. The lowest BCUT2D eigenvalue weighted by atomic mass is 9.89. The highest BCUT2D eigenvalue weighted by molar-refractivity contribution is 5.76. The lowest BCUT2D eigenvalue weighted by Gasteiger charge is -2.43. The maximum absolute atomic E-state index is 12.6. The normalized spacial score (nSPS) is 38.5. The Morgan fingerprint density at radius 1 is 1.33 bits per heavy atom. The predicted octanol–water partition coefficient (Wildman–Crippen LogP) is 0.905. The minimum Gasteiger partial charge on any atom is -0.394 e.